The van der Waals surface area contributed by atoms with Gasteiger partial charge in [0.1, 0.15) is 5.60 Å². The van der Waals surface area contributed by atoms with Crippen molar-refractivity contribution in [1.82, 2.24) is 4.98 Å². The minimum Gasteiger partial charge on any atom is -0.380 e. The van der Waals surface area contributed by atoms with Gasteiger partial charge in [-0.2, -0.15) is 0 Å². The van der Waals surface area contributed by atoms with E-state index in [2.05, 4.69) is 10.3 Å². The molecule has 4 nitrogen and oxygen atoms in total. The third-order valence-electron chi connectivity index (χ3n) is 2.99. The van der Waals surface area contributed by atoms with Crippen molar-refractivity contribution in [2.24, 2.45) is 0 Å². The number of carbonyl (C=O) groups is 1. The fourth-order valence-electron chi connectivity index (χ4n) is 1.93. The van der Waals surface area contributed by atoms with Crippen molar-refractivity contribution in [3.63, 3.8) is 0 Å². The highest BCUT2D eigenvalue weighted by Gasteiger charge is 2.39. The molecule has 0 aliphatic heterocycles. The van der Waals surface area contributed by atoms with Crippen molar-refractivity contribution < 1.29 is 9.90 Å². The Labute approximate surface area is 98.7 Å². The molecule has 0 aromatic carbocycles. The third-order valence-corrected chi connectivity index (χ3v) is 3.79. The van der Waals surface area contributed by atoms with E-state index in [9.17, 15) is 9.90 Å². The summed E-state index contributed by atoms with van der Waals surface area (Å²) in [6.07, 6.45) is 3.82. The van der Waals surface area contributed by atoms with Gasteiger partial charge in [-0.15, -0.1) is 11.3 Å². The van der Waals surface area contributed by atoms with Crippen molar-refractivity contribution in [3.8, 4) is 0 Å². The molecule has 0 bridgehead atoms. The first kappa shape index (κ1) is 11.5. The number of thiazole rings is 1. The molecule has 1 amide bonds. The SMILES string of the molecule is CCc1csc(NC(=O)C2(O)CCCC2)n1. The summed E-state index contributed by atoms with van der Waals surface area (Å²) in [5.74, 6) is -0.304. The molecule has 1 aromatic rings. The molecule has 1 aromatic heterocycles. The lowest BCUT2D eigenvalue weighted by Gasteiger charge is -2.19. The molecule has 1 aliphatic carbocycles. The summed E-state index contributed by atoms with van der Waals surface area (Å²) in [6, 6.07) is 0. The highest BCUT2D eigenvalue weighted by Crippen LogP contribution is 2.31. The predicted molar refractivity (Wildman–Crippen MR) is 63.5 cm³/mol. The average Bonchev–Trinajstić information content (AvgIpc) is 2.88. The number of hydrogen-bond acceptors (Lipinski definition) is 4. The lowest BCUT2D eigenvalue weighted by molar-refractivity contribution is -0.133. The Kier molecular flexibility index (Phi) is 3.25. The summed E-state index contributed by atoms with van der Waals surface area (Å²) < 4.78 is 0. The molecule has 1 aliphatic rings. The Hall–Kier alpha value is -0.940. The molecule has 16 heavy (non-hydrogen) atoms. The van der Waals surface area contributed by atoms with Gasteiger partial charge in [0.15, 0.2) is 5.13 Å². The molecule has 0 saturated heterocycles. The van der Waals surface area contributed by atoms with E-state index in [1.807, 2.05) is 12.3 Å². The first-order chi connectivity index (χ1) is 7.64. The van der Waals surface area contributed by atoms with E-state index < -0.39 is 5.60 Å². The quantitative estimate of drug-likeness (QED) is 0.848. The second-order valence-electron chi connectivity index (χ2n) is 4.19. The minimum absolute atomic E-state index is 0.304. The van der Waals surface area contributed by atoms with E-state index in [0.717, 1.165) is 25.0 Å². The Morgan fingerprint density at radius 3 is 2.88 bits per heavy atom. The van der Waals surface area contributed by atoms with Crippen molar-refractivity contribution in [3.05, 3.63) is 11.1 Å². The van der Waals surface area contributed by atoms with Crippen LogP contribution in [-0.4, -0.2) is 21.6 Å². The maximum atomic E-state index is 11.8. The number of amides is 1. The topological polar surface area (TPSA) is 62.2 Å². The van der Waals surface area contributed by atoms with Crippen molar-refractivity contribution in [2.75, 3.05) is 5.32 Å². The molecule has 88 valence electrons. The van der Waals surface area contributed by atoms with E-state index in [4.69, 9.17) is 0 Å². The van der Waals surface area contributed by atoms with Crippen LogP contribution in [0.1, 0.15) is 38.3 Å². The molecule has 1 fully saturated rings. The van der Waals surface area contributed by atoms with Gasteiger partial charge in [0.25, 0.3) is 5.91 Å². The van der Waals surface area contributed by atoms with Gasteiger partial charge in [0.05, 0.1) is 5.69 Å². The summed E-state index contributed by atoms with van der Waals surface area (Å²) in [7, 11) is 0. The van der Waals surface area contributed by atoms with Crippen LogP contribution in [0.5, 0.6) is 0 Å². The summed E-state index contributed by atoms with van der Waals surface area (Å²) in [6.45, 7) is 2.02. The lowest BCUT2D eigenvalue weighted by atomic mass is 10.0. The van der Waals surface area contributed by atoms with Gasteiger partial charge < -0.3 is 5.11 Å². The molecule has 2 N–H and O–H groups in total. The van der Waals surface area contributed by atoms with Crippen LogP contribution in [0, 0.1) is 0 Å². The number of carbonyl (C=O) groups excluding carboxylic acids is 1. The van der Waals surface area contributed by atoms with E-state index in [1.54, 1.807) is 0 Å². The highest BCUT2D eigenvalue weighted by molar-refractivity contribution is 7.13. The standard InChI is InChI=1S/C11H16N2O2S/c1-2-8-7-16-10(12-8)13-9(14)11(15)5-3-4-6-11/h7,15H,2-6H2,1H3,(H,12,13,14). The molecule has 1 saturated carbocycles. The number of hydrogen-bond donors (Lipinski definition) is 2. The second-order valence-corrected chi connectivity index (χ2v) is 5.05. The maximum absolute atomic E-state index is 11.8. The molecular formula is C11H16N2O2S. The summed E-state index contributed by atoms with van der Waals surface area (Å²) in [5, 5.41) is 15.3. The molecule has 2 rings (SSSR count). The highest BCUT2D eigenvalue weighted by atomic mass is 32.1. The molecule has 0 unspecified atom stereocenters. The van der Waals surface area contributed by atoms with Crippen LogP contribution >= 0.6 is 11.3 Å². The number of aliphatic hydroxyl groups is 1. The van der Waals surface area contributed by atoms with Gasteiger partial charge in [-0.3, -0.25) is 10.1 Å². The molecule has 5 heteroatoms. The van der Waals surface area contributed by atoms with Crippen LogP contribution in [0.15, 0.2) is 5.38 Å². The lowest BCUT2D eigenvalue weighted by Crippen LogP contribution is -2.40. The Morgan fingerprint density at radius 1 is 1.62 bits per heavy atom. The zero-order chi connectivity index (χ0) is 11.6. The fraction of sp³-hybridized carbons (Fsp3) is 0.636. The zero-order valence-corrected chi connectivity index (χ0v) is 10.1. The van der Waals surface area contributed by atoms with Crippen molar-refractivity contribution in [2.45, 2.75) is 44.6 Å². The normalized spacial score (nSPS) is 18.6. The van der Waals surface area contributed by atoms with Crippen molar-refractivity contribution in [1.29, 1.82) is 0 Å². The van der Waals surface area contributed by atoms with Crippen molar-refractivity contribution >= 4 is 22.4 Å². The van der Waals surface area contributed by atoms with Gasteiger partial charge in [-0.25, -0.2) is 4.98 Å². The van der Waals surface area contributed by atoms with Crippen LogP contribution in [0.4, 0.5) is 5.13 Å². The molecular weight excluding hydrogens is 224 g/mol. The first-order valence-electron chi connectivity index (χ1n) is 5.62. The Balaban J connectivity index is 2.01. The number of anilines is 1. The number of nitrogens with zero attached hydrogens (tertiary/aromatic N) is 1. The number of rotatable bonds is 3. The number of nitrogens with one attached hydrogen (secondary N) is 1. The zero-order valence-electron chi connectivity index (χ0n) is 9.32. The van der Waals surface area contributed by atoms with Crippen LogP contribution in [0.2, 0.25) is 0 Å². The summed E-state index contributed by atoms with van der Waals surface area (Å²) >= 11 is 1.41. The molecule has 0 atom stereocenters. The Bertz CT molecular complexity index is 383. The molecule has 1 heterocycles. The van der Waals surface area contributed by atoms with Gasteiger partial charge in [0.2, 0.25) is 0 Å². The van der Waals surface area contributed by atoms with Crippen LogP contribution in [0.25, 0.3) is 0 Å². The largest absolute Gasteiger partial charge is 0.380 e. The third kappa shape index (κ3) is 2.25. The van der Waals surface area contributed by atoms with E-state index in [1.165, 1.54) is 11.3 Å². The van der Waals surface area contributed by atoms with Crippen LogP contribution in [0.3, 0.4) is 0 Å². The van der Waals surface area contributed by atoms with Gasteiger partial charge in [0, 0.05) is 5.38 Å². The van der Waals surface area contributed by atoms with Gasteiger partial charge >= 0.3 is 0 Å². The van der Waals surface area contributed by atoms with Crippen LogP contribution < -0.4 is 5.32 Å². The second kappa shape index (κ2) is 4.51. The average molecular weight is 240 g/mol. The maximum Gasteiger partial charge on any atom is 0.258 e. The predicted octanol–water partition coefficient (Wildman–Crippen LogP) is 1.95. The first-order valence-corrected chi connectivity index (χ1v) is 6.50. The van der Waals surface area contributed by atoms with Gasteiger partial charge in [-0.1, -0.05) is 6.92 Å². The van der Waals surface area contributed by atoms with E-state index >= 15 is 0 Å². The number of aryl methyl sites for hydroxylation is 1. The Morgan fingerprint density at radius 2 is 2.31 bits per heavy atom. The fourth-order valence-corrected chi connectivity index (χ4v) is 2.72. The smallest absolute Gasteiger partial charge is 0.258 e. The minimum atomic E-state index is -1.17. The van der Waals surface area contributed by atoms with Crippen LogP contribution in [-0.2, 0) is 11.2 Å². The number of aromatic nitrogens is 1. The summed E-state index contributed by atoms with van der Waals surface area (Å²) in [4.78, 5) is 16.1. The molecule has 0 radical (unpaired) electrons. The molecule has 0 spiro atoms. The van der Waals surface area contributed by atoms with Gasteiger partial charge in [-0.05, 0) is 32.1 Å². The van der Waals surface area contributed by atoms with E-state index in [0.29, 0.717) is 18.0 Å². The monoisotopic (exact) mass is 240 g/mol. The summed E-state index contributed by atoms with van der Waals surface area (Å²) in [5.41, 5.74) is -0.198. The van der Waals surface area contributed by atoms with E-state index in [-0.39, 0.29) is 5.91 Å².